The van der Waals surface area contributed by atoms with Crippen LogP contribution in [-0.2, 0) is 6.42 Å². The molecule has 1 N–H and O–H groups in total. The summed E-state index contributed by atoms with van der Waals surface area (Å²) in [6.45, 7) is 3.44. The third-order valence-electron chi connectivity index (χ3n) is 4.16. The normalized spacial score (nSPS) is 15.8. The largest absolute Gasteiger partial charge is 0.372 e. The maximum absolute atomic E-state index is 3.53. The quantitative estimate of drug-likeness (QED) is 0.885. The van der Waals surface area contributed by atoms with Crippen LogP contribution >= 0.6 is 0 Å². The van der Waals surface area contributed by atoms with E-state index in [0.29, 0.717) is 0 Å². The summed E-state index contributed by atoms with van der Waals surface area (Å²) in [4.78, 5) is 2.50. The highest BCUT2D eigenvalue weighted by Crippen LogP contribution is 2.14. The van der Waals surface area contributed by atoms with Crippen LogP contribution in [0.25, 0.3) is 0 Å². The number of piperidine rings is 1. The van der Waals surface area contributed by atoms with Crippen molar-refractivity contribution in [1.82, 2.24) is 4.90 Å². The molecule has 0 aromatic heterocycles. The van der Waals surface area contributed by atoms with E-state index in [1.807, 2.05) is 0 Å². The monoisotopic (exact) mass is 280 g/mol. The van der Waals surface area contributed by atoms with Crippen molar-refractivity contribution in [3.63, 3.8) is 0 Å². The van der Waals surface area contributed by atoms with Gasteiger partial charge in [-0.3, -0.25) is 4.90 Å². The van der Waals surface area contributed by atoms with Gasteiger partial charge in [-0.05, 0) is 55.6 Å². The van der Waals surface area contributed by atoms with Gasteiger partial charge in [0.25, 0.3) is 0 Å². The Balaban J connectivity index is 1.51. The minimum atomic E-state index is 0.970. The second-order valence-corrected chi connectivity index (χ2v) is 5.87. The zero-order valence-electron chi connectivity index (χ0n) is 12.6. The summed E-state index contributed by atoms with van der Waals surface area (Å²) in [5, 5.41) is 3.53. The average molecular weight is 280 g/mol. The Kier molecular flexibility index (Phi) is 4.90. The number of hydrogen-bond donors (Lipinski definition) is 1. The molecular formula is C19H24N2. The van der Waals surface area contributed by atoms with Crippen molar-refractivity contribution in [3.05, 3.63) is 65.7 Å². The molecule has 1 aliphatic rings. The lowest BCUT2D eigenvalue weighted by atomic mass is 10.0. The molecule has 1 fully saturated rings. The van der Waals surface area contributed by atoms with Gasteiger partial charge < -0.3 is 5.32 Å². The van der Waals surface area contributed by atoms with Gasteiger partial charge in [-0.15, -0.1) is 0 Å². The van der Waals surface area contributed by atoms with E-state index in [-0.39, 0.29) is 0 Å². The van der Waals surface area contributed by atoms with Crippen LogP contribution in [0.2, 0.25) is 0 Å². The van der Waals surface area contributed by atoms with Crippen molar-refractivity contribution in [2.75, 3.05) is 25.1 Å². The van der Waals surface area contributed by atoms with E-state index in [1.54, 1.807) is 0 Å². The zero-order valence-corrected chi connectivity index (χ0v) is 12.6. The first kappa shape index (κ1) is 14.2. The summed E-state index contributed by atoms with van der Waals surface area (Å²) in [5.74, 6) is 0. The van der Waals surface area contributed by atoms with Crippen molar-refractivity contribution in [1.29, 1.82) is 0 Å². The lowest BCUT2D eigenvalue weighted by molar-refractivity contribution is 0.244. The fourth-order valence-corrected chi connectivity index (χ4v) is 2.89. The third kappa shape index (κ3) is 4.33. The number of nitrogens with one attached hydrogen (secondary N) is 1. The number of likely N-dealkylation sites (tertiary alicyclic amines) is 1. The Bertz CT molecular complexity index is 527. The Morgan fingerprint density at radius 3 is 2.14 bits per heavy atom. The van der Waals surface area contributed by atoms with Gasteiger partial charge in [0, 0.05) is 5.69 Å². The number of hydrogen-bond acceptors (Lipinski definition) is 2. The first-order valence-electron chi connectivity index (χ1n) is 7.99. The molecule has 0 aliphatic carbocycles. The van der Waals surface area contributed by atoms with Crippen molar-refractivity contribution < 1.29 is 0 Å². The number of rotatable bonds is 5. The molecule has 21 heavy (non-hydrogen) atoms. The van der Waals surface area contributed by atoms with Crippen LogP contribution in [-0.4, -0.2) is 24.7 Å². The molecule has 0 saturated carbocycles. The topological polar surface area (TPSA) is 15.3 Å². The molecule has 0 atom stereocenters. The van der Waals surface area contributed by atoms with Crippen LogP contribution in [0, 0.1) is 0 Å². The van der Waals surface area contributed by atoms with Gasteiger partial charge in [0.15, 0.2) is 0 Å². The molecule has 2 heteroatoms. The standard InChI is InChI=1S/C19H24N2/c1-3-7-17(8-4-1)15-18-9-11-19(12-10-18)20-16-21-13-5-2-6-14-21/h1,3-4,7-12,20H,2,5-6,13-16H2. The van der Waals surface area contributed by atoms with Gasteiger partial charge in [-0.2, -0.15) is 0 Å². The second-order valence-electron chi connectivity index (χ2n) is 5.87. The summed E-state index contributed by atoms with van der Waals surface area (Å²) in [5.41, 5.74) is 3.95. The van der Waals surface area contributed by atoms with Gasteiger partial charge in [0.2, 0.25) is 0 Å². The van der Waals surface area contributed by atoms with Gasteiger partial charge >= 0.3 is 0 Å². The van der Waals surface area contributed by atoms with E-state index >= 15 is 0 Å². The Morgan fingerprint density at radius 1 is 0.762 bits per heavy atom. The van der Waals surface area contributed by atoms with Crippen LogP contribution in [0.15, 0.2) is 54.6 Å². The molecule has 0 amide bonds. The number of benzene rings is 2. The molecule has 1 aliphatic heterocycles. The first-order valence-corrected chi connectivity index (χ1v) is 7.99. The Morgan fingerprint density at radius 2 is 1.43 bits per heavy atom. The summed E-state index contributed by atoms with van der Waals surface area (Å²) >= 11 is 0. The number of anilines is 1. The van der Waals surface area contributed by atoms with Crippen LogP contribution in [0.3, 0.4) is 0 Å². The van der Waals surface area contributed by atoms with Crippen LogP contribution in [0.5, 0.6) is 0 Å². The summed E-state index contributed by atoms with van der Waals surface area (Å²) < 4.78 is 0. The average Bonchev–Trinajstić information content (AvgIpc) is 2.56. The molecule has 2 aromatic carbocycles. The van der Waals surface area contributed by atoms with Gasteiger partial charge in [0.1, 0.15) is 0 Å². The van der Waals surface area contributed by atoms with E-state index in [0.717, 1.165) is 13.1 Å². The van der Waals surface area contributed by atoms with E-state index in [1.165, 1.54) is 49.2 Å². The maximum atomic E-state index is 3.53. The van der Waals surface area contributed by atoms with Crippen LogP contribution < -0.4 is 5.32 Å². The molecule has 110 valence electrons. The first-order chi connectivity index (χ1) is 10.4. The van der Waals surface area contributed by atoms with Gasteiger partial charge in [-0.1, -0.05) is 48.9 Å². The molecule has 3 rings (SSSR count). The third-order valence-corrected chi connectivity index (χ3v) is 4.16. The molecule has 1 heterocycles. The molecule has 0 radical (unpaired) electrons. The lowest BCUT2D eigenvalue weighted by Gasteiger charge is -2.26. The molecule has 2 nitrogen and oxygen atoms in total. The van der Waals surface area contributed by atoms with Crippen LogP contribution in [0.1, 0.15) is 30.4 Å². The molecule has 0 bridgehead atoms. The predicted octanol–water partition coefficient (Wildman–Crippen LogP) is 4.13. The fourth-order valence-electron chi connectivity index (χ4n) is 2.89. The minimum absolute atomic E-state index is 0.970. The summed E-state index contributed by atoms with van der Waals surface area (Å²) in [6.07, 6.45) is 5.09. The molecule has 1 saturated heterocycles. The zero-order chi connectivity index (χ0) is 14.3. The molecule has 0 unspecified atom stereocenters. The van der Waals surface area contributed by atoms with Crippen molar-refractivity contribution in [2.24, 2.45) is 0 Å². The summed E-state index contributed by atoms with van der Waals surface area (Å²) in [7, 11) is 0. The number of nitrogens with zero attached hydrogens (tertiary/aromatic N) is 1. The highest BCUT2D eigenvalue weighted by molar-refractivity contribution is 5.45. The molecular weight excluding hydrogens is 256 g/mol. The fraction of sp³-hybridized carbons (Fsp3) is 0.368. The smallest absolute Gasteiger partial charge is 0.0678 e. The van der Waals surface area contributed by atoms with Crippen molar-refractivity contribution in [2.45, 2.75) is 25.7 Å². The van der Waals surface area contributed by atoms with Gasteiger partial charge in [-0.25, -0.2) is 0 Å². The van der Waals surface area contributed by atoms with E-state index in [2.05, 4.69) is 64.8 Å². The van der Waals surface area contributed by atoms with Gasteiger partial charge in [0.05, 0.1) is 6.67 Å². The minimum Gasteiger partial charge on any atom is -0.372 e. The maximum Gasteiger partial charge on any atom is 0.0678 e. The lowest BCUT2D eigenvalue weighted by Crippen LogP contribution is -2.34. The highest BCUT2D eigenvalue weighted by atomic mass is 15.2. The Hall–Kier alpha value is -1.80. The Labute approximate surface area is 127 Å². The van der Waals surface area contributed by atoms with E-state index < -0.39 is 0 Å². The molecule has 2 aromatic rings. The van der Waals surface area contributed by atoms with Crippen LogP contribution in [0.4, 0.5) is 5.69 Å². The van der Waals surface area contributed by atoms with E-state index in [9.17, 15) is 0 Å². The predicted molar refractivity (Wildman–Crippen MR) is 89.6 cm³/mol. The molecule has 0 spiro atoms. The summed E-state index contributed by atoms with van der Waals surface area (Å²) in [6, 6.07) is 19.5. The highest BCUT2D eigenvalue weighted by Gasteiger charge is 2.08. The van der Waals surface area contributed by atoms with Crippen molar-refractivity contribution >= 4 is 5.69 Å². The SMILES string of the molecule is c1ccc(Cc2ccc(NCN3CCCCC3)cc2)cc1. The van der Waals surface area contributed by atoms with E-state index in [4.69, 9.17) is 0 Å². The second kappa shape index (κ2) is 7.28. The van der Waals surface area contributed by atoms with Crippen molar-refractivity contribution in [3.8, 4) is 0 Å².